The molecule has 4 nitrogen and oxygen atoms in total. The fourth-order valence-corrected chi connectivity index (χ4v) is 3.40. The van der Waals surface area contributed by atoms with E-state index in [2.05, 4.69) is 5.32 Å². The summed E-state index contributed by atoms with van der Waals surface area (Å²) < 4.78 is 49.1. The third-order valence-corrected chi connectivity index (χ3v) is 4.70. The number of hydrogen-bond donors (Lipinski definition) is 1. The van der Waals surface area contributed by atoms with Crippen molar-refractivity contribution in [1.29, 1.82) is 0 Å². The summed E-state index contributed by atoms with van der Waals surface area (Å²) in [6.07, 6.45) is -4.49. The monoisotopic (exact) mass is 320 g/mol. The zero-order valence-corrected chi connectivity index (χ0v) is 12.4. The Hall–Kier alpha value is -1.57. The number of nitrogens with zero attached hydrogens (tertiary/aromatic N) is 1. The summed E-state index contributed by atoms with van der Waals surface area (Å²) in [5.74, 6) is -1.39. The Morgan fingerprint density at radius 1 is 1.29 bits per heavy atom. The van der Waals surface area contributed by atoms with Gasteiger partial charge in [-0.3, -0.25) is 9.11 Å². The maximum absolute atomic E-state index is 12.4. The van der Waals surface area contributed by atoms with Crippen LogP contribution in [-0.4, -0.2) is 35.3 Å². The Labute approximate surface area is 122 Å². The summed E-state index contributed by atoms with van der Waals surface area (Å²) >= 11 is 0. The molecule has 1 aromatic carbocycles. The molecule has 0 radical (unpaired) electrons. The number of anilines is 1. The molecule has 1 unspecified atom stereocenters. The molecular formula is C13H15F3N2O2S. The summed E-state index contributed by atoms with van der Waals surface area (Å²) in [6, 6.07) is 2.79. The first-order chi connectivity index (χ1) is 9.69. The average Bonchev–Trinajstić information content (AvgIpc) is 2.73. The lowest BCUT2D eigenvalue weighted by molar-refractivity contribution is -0.105. The molecule has 0 spiro atoms. The van der Waals surface area contributed by atoms with E-state index in [0.717, 1.165) is 5.56 Å². The summed E-state index contributed by atoms with van der Waals surface area (Å²) in [7, 11) is -2.18. The van der Waals surface area contributed by atoms with Crippen LogP contribution in [0.3, 0.4) is 0 Å². The number of hydrogen-bond acceptors (Lipinski definition) is 2. The molecule has 0 bridgehead atoms. The number of rotatable bonds is 3. The van der Waals surface area contributed by atoms with Gasteiger partial charge < -0.3 is 5.32 Å². The zero-order valence-electron chi connectivity index (χ0n) is 11.6. The second-order valence-corrected chi connectivity index (χ2v) is 6.31. The lowest BCUT2D eigenvalue weighted by atomic mass is 10.1. The number of nitrogens with one attached hydrogen (secondary N) is 1. The van der Waals surface area contributed by atoms with Gasteiger partial charge >= 0.3 is 12.2 Å². The van der Waals surface area contributed by atoms with Gasteiger partial charge in [-0.15, -0.1) is 0 Å². The minimum absolute atomic E-state index is 0.118. The Morgan fingerprint density at radius 3 is 2.48 bits per heavy atom. The minimum atomic E-state index is -4.49. The molecule has 116 valence electrons. The largest absolute Gasteiger partial charge is 0.400 e. The van der Waals surface area contributed by atoms with Crippen LogP contribution in [0.2, 0.25) is 0 Å². The third kappa shape index (κ3) is 3.55. The quantitative estimate of drug-likeness (QED) is 0.930. The number of halogens is 3. The standard InChI is InChI=1S/C13H15F3N2O2S/c1-8-5-9(2)11(21(20)7-13(14,15)16)6-10(8)18-4-3-17-12(18)19/h5-6H,3-4,7H2,1-2H3,(H,17,19). The molecule has 21 heavy (non-hydrogen) atoms. The van der Waals surface area contributed by atoms with Crippen LogP contribution in [0.1, 0.15) is 11.1 Å². The van der Waals surface area contributed by atoms with Crippen molar-refractivity contribution in [3.05, 3.63) is 23.3 Å². The zero-order chi connectivity index (χ0) is 15.8. The molecule has 1 atom stereocenters. The minimum Gasteiger partial charge on any atom is -0.336 e. The van der Waals surface area contributed by atoms with Gasteiger partial charge in [0.15, 0.2) is 0 Å². The van der Waals surface area contributed by atoms with E-state index in [1.807, 2.05) is 0 Å². The second-order valence-electron chi connectivity index (χ2n) is 4.89. The van der Waals surface area contributed by atoms with Crippen LogP contribution in [0.5, 0.6) is 0 Å². The fourth-order valence-electron chi connectivity index (χ4n) is 2.29. The van der Waals surface area contributed by atoms with E-state index in [-0.39, 0.29) is 10.9 Å². The first-order valence-corrected chi connectivity index (χ1v) is 7.62. The van der Waals surface area contributed by atoms with Gasteiger partial charge in [-0.05, 0) is 31.0 Å². The third-order valence-electron chi connectivity index (χ3n) is 3.18. The molecule has 1 N–H and O–H groups in total. The SMILES string of the molecule is Cc1cc(C)c(S(=O)CC(F)(F)F)cc1N1CCNC1=O. The van der Waals surface area contributed by atoms with Crippen molar-refractivity contribution in [3.8, 4) is 0 Å². The van der Waals surface area contributed by atoms with Gasteiger partial charge in [-0.2, -0.15) is 13.2 Å². The Balaban J connectivity index is 2.39. The first kappa shape index (κ1) is 15.8. The molecule has 0 aromatic heterocycles. The van der Waals surface area contributed by atoms with Crippen LogP contribution in [-0.2, 0) is 10.8 Å². The van der Waals surface area contributed by atoms with Crippen molar-refractivity contribution in [2.45, 2.75) is 24.9 Å². The van der Waals surface area contributed by atoms with Gasteiger partial charge in [-0.25, -0.2) is 4.79 Å². The van der Waals surface area contributed by atoms with E-state index < -0.39 is 22.7 Å². The summed E-state index contributed by atoms with van der Waals surface area (Å²) in [5, 5.41) is 2.63. The molecule has 0 aliphatic carbocycles. The number of alkyl halides is 3. The molecule has 8 heteroatoms. The Bertz CT molecular complexity index is 602. The molecular weight excluding hydrogens is 305 g/mol. The molecule has 1 aliphatic rings. The molecule has 1 fully saturated rings. The number of carbonyl (C=O) groups excluding carboxylic acids is 1. The van der Waals surface area contributed by atoms with Gasteiger partial charge in [0.2, 0.25) is 0 Å². The molecule has 1 saturated heterocycles. The predicted molar refractivity (Wildman–Crippen MR) is 74.0 cm³/mol. The Morgan fingerprint density at radius 2 is 1.95 bits per heavy atom. The number of aryl methyl sites for hydroxylation is 2. The highest BCUT2D eigenvalue weighted by molar-refractivity contribution is 7.85. The lowest BCUT2D eigenvalue weighted by Gasteiger charge is -2.19. The van der Waals surface area contributed by atoms with Crippen LogP contribution in [0.4, 0.5) is 23.7 Å². The number of urea groups is 1. The summed E-state index contributed by atoms with van der Waals surface area (Å²) in [6.45, 7) is 4.30. The Kier molecular flexibility index (Phi) is 4.27. The molecule has 2 amide bonds. The van der Waals surface area contributed by atoms with Gasteiger partial charge in [0.25, 0.3) is 0 Å². The van der Waals surface area contributed by atoms with Crippen LogP contribution >= 0.6 is 0 Å². The van der Waals surface area contributed by atoms with Crippen LogP contribution < -0.4 is 10.2 Å². The molecule has 0 saturated carbocycles. The van der Waals surface area contributed by atoms with E-state index in [9.17, 15) is 22.2 Å². The van der Waals surface area contributed by atoms with E-state index in [0.29, 0.717) is 24.3 Å². The van der Waals surface area contributed by atoms with Crippen LogP contribution in [0.25, 0.3) is 0 Å². The lowest BCUT2D eigenvalue weighted by Crippen LogP contribution is -2.28. The molecule has 1 aromatic rings. The predicted octanol–water partition coefficient (Wildman–Crippen LogP) is 2.50. The normalized spacial score (nSPS) is 17.0. The van der Waals surface area contributed by atoms with Crippen LogP contribution in [0.15, 0.2) is 17.0 Å². The smallest absolute Gasteiger partial charge is 0.336 e. The fraction of sp³-hybridized carbons (Fsp3) is 0.462. The van der Waals surface area contributed by atoms with Gasteiger partial charge in [-0.1, -0.05) is 6.07 Å². The number of carbonyl (C=O) groups is 1. The van der Waals surface area contributed by atoms with E-state index >= 15 is 0 Å². The molecule has 2 rings (SSSR count). The van der Waals surface area contributed by atoms with Crippen molar-refractivity contribution in [1.82, 2.24) is 5.32 Å². The number of amides is 2. The van der Waals surface area contributed by atoms with E-state index in [4.69, 9.17) is 0 Å². The van der Waals surface area contributed by atoms with Crippen molar-refractivity contribution < 1.29 is 22.2 Å². The van der Waals surface area contributed by atoms with Gasteiger partial charge in [0, 0.05) is 23.7 Å². The molecule has 1 heterocycles. The maximum atomic E-state index is 12.4. The summed E-state index contributed by atoms with van der Waals surface area (Å²) in [5.41, 5.74) is 1.79. The molecule has 1 aliphatic heterocycles. The van der Waals surface area contributed by atoms with E-state index in [1.54, 1.807) is 19.9 Å². The second kappa shape index (κ2) is 5.67. The first-order valence-electron chi connectivity index (χ1n) is 6.31. The number of benzene rings is 1. The topological polar surface area (TPSA) is 49.4 Å². The van der Waals surface area contributed by atoms with Crippen molar-refractivity contribution in [3.63, 3.8) is 0 Å². The van der Waals surface area contributed by atoms with Crippen LogP contribution in [0, 0.1) is 13.8 Å². The highest BCUT2D eigenvalue weighted by atomic mass is 32.2. The average molecular weight is 320 g/mol. The van der Waals surface area contributed by atoms with Crippen molar-refractivity contribution in [2.75, 3.05) is 23.7 Å². The van der Waals surface area contributed by atoms with Crippen molar-refractivity contribution >= 4 is 22.5 Å². The maximum Gasteiger partial charge on any atom is 0.400 e. The highest BCUT2D eigenvalue weighted by Gasteiger charge is 2.32. The van der Waals surface area contributed by atoms with Crippen molar-refractivity contribution in [2.24, 2.45) is 0 Å². The van der Waals surface area contributed by atoms with Gasteiger partial charge in [0.1, 0.15) is 5.75 Å². The summed E-state index contributed by atoms with van der Waals surface area (Å²) in [4.78, 5) is 13.2. The van der Waals surface area contributed by atoms with Gasteiger partial charge in [0.05, 0.1) is 10.8 Å². The highest BCUT2D eigenvalue weighted by Crippen LogP contribution is 2.29. The van der Waals surface area contributed by atoms with E-state index in [1.165, 1.54) is 11.0 Å².